The molecule has 0 radical (unpaired) electrons. The third-order valence-electron chi connectivity index (χ3n) is 2.76. The summed E-state index contributed by atoms with van der Waals surface area (Å²) in [6, 6.07) is 11.6. The van der Waals surface area contributed by atoms with Crippen molar-refractivity contribution >= 4 is 17.2 Å². The van der Waals surface area contributed by atoms with E-state index < -0.39 is 0 Å². The number of carbonyl (C=O) groups is 1. The van der Waals surface area contributed by atoms with Gasteiger partial charge in [0, 0.05) is 18.7 Å². The molecule has 0 bridgehead atoms. The van der Waals surface area contributed by atoms with E-state index in [2.05, 4.69) is 18.4 Å². The van der Waals surface area contributed by atoms with E-state index in [0.717, 1.165) is 18.5 Å². The van der Waals surface area contributed by atoms with E-state index in [9.17, 15) is 4.79 Å². The van der Waals surface area contributed by atoms with E-state index in [1.807, 2.05) is 40.6 Å². The minimum Gasteiger partial charge on any atom is -0.334 e. The Bertz CT molecular complexity index is 478. The molecule has 0 atom stereocenters. The van der Waals surface area contributed by atoms with E-state index in [-0.39, 0.29) is 5.91 Å². The molecule has 1 aromatic heterocycles. The summed E-state index contributed by atoms with van der Waals surface area (Å²) in [5.74, 6) is 0.114. The van der Waals surface area contributed by atoms with Gasteiger partial charge >= 0.3 is 0 Å². The summed E-state index contributed by atoms with van der Waals surface area (Å²) >= 11 is 1.67. The zero-order valence-electron chi connectivity index (χ0n) is 10.5. The SMILES string of the molecule is CCCN(Cc1ccsc1)C(=O)c1ccccc1. The predicted molar refractivity (Wildman–Crippen MR) is 75.8 cm³/mol. The van der Waals surface area contributed by atoms with Crippen LogP contribution in [0.1, 0.15) is 29.3 Å². The van der Waals surface area contributed by atoms with Gasteiger partial charge in [0.1, 0.15) is 0 Å². The predicted octanol–water partition coefficient (Wildman–Crippen LogP) is 3.80. The minimum absolute atomic E-state index is 0.114. The van der Waals surface area contributed by atoms with Crippen molar-refractivity contribution in [1.82, 2.24) is 4.90 Å². The average molecular weight is 259 g/mol. The molecule has 0 saturated carbocycles. The highest BCUT2D eigenvalue weighted by Crippen LogP contribution is 2.13. The van der Waals surface area contributed by atoms with Crippen LogP contribution in [0.5, 0.6) is 0 Å². The van der Waals surface area contributed by atoms with E-state index in [1.54, 1.807) is 11.3 Å². The first-order valence-corrected chi connectivity index (χ1v) is 7.11. The molecule has 2 rings (SSSR count). The Kier molecular flexibility index (Phi) is 4.53. The lowest BCUT2D eigenvalue weighted by molar-refractivity contribution is 0.0743. The topological polar surface area (TPSA) is 20.3 Å². The maximum absolute atomic E-state index is 12.4. The van der Waals surface area contributed by atoms with Gasteiger partial charge in [0.2, 0.25) is 0 Å². The van der Waals surface area contributed by atoms with Crippen LogP contribution in [0.2, 0.25) is 0 Å². The first-order chi connectivity index (χ1) is 8.81. The smallest absolute Gasteiger partial charge is 0.254 e. The van der Waals surface area contributed by atoms with Crippen LogP contribution in [0.25, 0.3) is 0 Å². The third-order valence-corrected chi connectivity index (χ3v) is 3.49. The Morgan fingerprint density at radius 1 is 1.22 bits per heavy atom. The van der Waals surface area contributed by atoms with Crippen LogP contribution in [0.4, 0.5) is 0 Å². The molecule has 0 aliphatic carbocycles. The molecule has 0 saturated heterocycles. The number of rotatable bonds is 5. The summed E-state index contributed by atoms with van der Waals surface area (Å²) < 4.78 is 0. The molecule has 1 aromatic carbocycles. The molecule has 0 spiro atoms. The normalized spacial score (nSPS) is 10.3. The second-order valence-electron chi connectivity index (χ2n) is 4.22. The summed E-state index contributed by atoms with van der Waals surface area (Å²) in [6.07, 6.45) is 0.975. The lowest BCUT2D eigenvalue weighted by Crippen LogP contribution is -2.31. The number of hydrogen-bond donors (Lipinski definition) is 0. The van der Waals surface area contributed by atoms with Crippen LogP contribution < -0.4 is 0 Å². The molecule has 2 nitrogen and oxygen atoms in total. The van der Waals surface area contributed by atoms with Gasteiger partial charge in [-0.2, -0.15) is 11.3 Å². The number of carbonyl (C=O) groups excluding carboxylic acids is 1. The van der Waals surface area contributed by atoms with Gasteiger partial charge in [0.15, 0.2) is 0 Å². The number of hydrogen-bond acceptors (Lipinski definition) is 2. The van der Waals surface area contributed by atoms with E-state index in [1.165, 1.54) is 5.56 Å². The van der Waals surface area contributed by atoms with Gasteiger partial charge in [-0.05, 0) is 40.9 Å². The Balaban J connectivity index is 2.12. The standard InChI is InChI=1S/C15H17NOS/c1-2-9-16(11-13-8-10-18-12-13)15(17)14-6-4-3-5-7-14/h3-8,10,12H,2,9,11H2,1H3. The van der Waals surface area contributed by atoms with E-state index >= 15 is 0 Å². The molecule has 0 fully saturated rings. The second-order valence-corrected chi connectivity index (χ2v) is 5.00. The molecule has 0 unspecified atom stereocenters. The minimum atomic E-state index is 0.114. The highest BCUT2D eigenvalue weighted by Gasteiger charge is 2.14. The molecule has 2 aromatic rings. The third kappa shape index (κ3) is 3.20. The van der Waals surface area contributed by atoms with Gasteiger partial charge in [-0.15, -0.1) is 0 Å². The van der Waals surface area contributed by atoms with Crippen molar-refractivity contribution in [1.29, 1.82) is 0 Å². The van der Waals surface area contributed by atoms with E-state index in [0.29, 0.717) is 6.54 Å². The Morgan fingerprint density at radius 3 is 2.61 bits per heavy atom. The lowest BCUT2D eigenvalue weighted by atomic mass is 10.2. The number of thiophene rings is 1. The molecular weight excluding hydrogens is 242 g/mol. The van der Waals surface area contributed by atoms with Gasteiger partial charge in [-0.1, -0.05) is 25.1 Å². The van der Waals surface area contributed by atoms with Crippen molar-refractivity contribution in [3.63, 3.8) is 0 Å². The first kappa shape index (κ1) is 12.8. The van der Waals surface area contributed by atoms with Crippen LogP contribution in [0, 0.1) is 0 Å². The quantitative estimate of drug-likeness (QED) is 0.799. The summed E-state index contributed by atoms with van der Waals surface area (Å²) in [4.78, 5) is 14.3. The first-order valence-electron chi connectivity index (χ1n) is 6.16. The molecule has 94 valence electrons. The average Bonchev–Trinajstić information content (AvgIpc) is 2.91. The monoisotopic (exact) mass is 259 g/mol. The van der Waals surface area contributed by atoms with Crippen LogP contribution in [-0.2, 0) is 6.54 Å². The van der Waals surface area contributed by atoms with Gasteiger partial charge < -0.3 is 4.90 Å². The highest BCUT2D eigenvalue weighted by atomic mass is 32.1. The maximum Gasteiger partial charge on any atom is 0.254 e. The Morgan fingerprint density at radius 2 is 2.00 bits per heavy atom. The molecule has 1 heterocycles. The largest absolute Gasteiger partial charge is 0.334 e. The maximum atomic E-state index is 12.4. The summed E-state index contributed by atoms with van der Waals surface area (Å²) in [5.41, 5.74) is 1.97. The van der Waals surface area contributed by atoms with Crippen molar-refractivity contribution in [2.45, 2.75) is 19.9 Å². The summed E-state index contributed by atoms with van der Waals surface area (Å²) in [6.45, 7) is 3.59. The Hall–Kier alpha value is -1.61. The zero-order valence-corrected chi connectivity index (χ0v) is 11.3. The van der Waals surface area contributed by atoms with Crippen LogP contribution in [-0.4, -0.2) is 17.4 Å². The second kappa shape index (κ2) is 6.36. The van der Waals surface area contributed by atoms with Crippen LogP contribution in [0.15, 0.2) is 47.2 Å². The highest BCUT2D eigenvalue weighted by molar-refractivity contribution is 7.07. The molecular formula is C15H17NOS. The van der Waals surface area contributed by atoms with Crippen molar-refractivity contribution < 1.29 is 4.79 Å². The number of amides is 1. The van der Waals surface area contributed by atoms with Gasteiger partial charge in [-0.3, -0.25) is 4.79 Å². The molecule has 0 aliphatic heterocycles. The van der Waals surface area contributed by atoms with Crippen LogP contribution in [0.3, 0.4) is 0 Å². The zero-order chi connectivity index (χ0) is 12.8. The molecule has 3 heteroatoms. The summed E-state index contributed by atoms with van der Waals surface area (Å²) in [5, 5.41) is 4.15. The number of nitrogens with zero attached hydrogens (tertiary/aromatic N) is 1. The fraction of sp³-hybridized carbons (Fsp3) is 0.267. The van der Waals surface area contributed by atoms with Gasteiger partial charge in [0.25, 0.3) is 5.91 Å². The fourth-order valence-corrected chi connectivity index (χ4v) is 2.55. The molecule has 1 amide bonds. The van der Waals surface area contributed by atoms with Crippen molar-refractivity contribution in [3.8, 4) is 0 Å². The van der Waals surface area contributed by atoms with Crippen molar-refractivity contribution in [3.05, 3.63) is 58.3 Å². The van der Waals surface area contributed by atoms with Crippen molar-refractivity contribution in [2.75, 3.05) is 6.54 Å². The van der Waals surface area contributed by atoms with Gasteiger partial charge in [0.05, 0.1) is 0 Å². The van der Waals surface area contributed by atoms with E-state index in [4.69, 9.17) is 0 Å². The molecule has 0 N–H and O–H groups in total. The van der Waals surface area contributed by atoms with Crippen molar-refractivity contribution in [2.24, 2.45) is 0 Å². The Labute approximate surface area is 112 Å². The van der Waals surface area contributed by atoms with Gasteiger partial charge in [-0.25, -0.2) is 0 Å². The molecule has 18 heavy (non-hydrogen) atoms. The summed E-state index contributed by atoms with van der Waals surface area (Å²) in [7, 11) is 0. The fourth-order valence-electron chi connectivity index (χ4n) is 1.89. The lowest BCUT2D eigenvalue weighted by Gasteiger charge is -2.21. The number of benzene rings is 1. The molecule has 0 aliphatic rings. The van der Waals surface area contributed by atoms with Crippen LogP contribution >= 0.6 is 11.3 Å².